The van der Waals surface area contributed by atoms with Crippen LogP contribution in [0.2, 0.25) is 0 Å². The van der Waals surface area contributed by atoms with Gasteiger partial charge in [0.25, 0.3) is 5.54 Å². The molecule has 0 aromatic heterocycles. The first-order valence-electron chi connectivity index (χ1n) is 4.61. The van der Waals surface area contributed by atoms with E-state index < -0.39 is 17.5 Å². The van der Waals surface area contributed by atoms with Crippen LogP contribution in [0.15, 0.2) is 0 Å². The lowest BCUT2D eigenvalue weighted by Gasteiger charge is -2.40. The van der Waals surface area contributed by atoms with E-state index in [9.17, 15) is 9.59 Å². The van der Waals surface area contributed by atoms with Crippen molar-refractivity contribution >= 4 is 11.9 Å². The number of rotatable bonds is 6. The molecule has 0 bridgehead atoms. The summed E-state index contributed by atoms with van der Waals surface area (Å²) in [6.07, 6.45) is 0.364. The number of aliphatic carboxylic acids is 2. The fraction of sp³-hybridized carbons (Fsp3) is 0.778. The van der Waals surface area contributed by atoms with Crippen molar-refractivity contribution in [2.75, 3.05) is 27.2 Å². The van der Waals surface area contributed by atoms with E-state index in [1.165, 1.54) is 21.0 Å². The van der Waals surface area contributed by atoms with Crippen molar-refractivity contribution in [1.82, 2.24) is 0 Å². The Morgan fingerprint density at radius 3 is 1.87 bits per heavy atom. The van der Waals surface area contributed by atoms with Gasteiger partial charge in [-0.05, 0) is 0 Å². The first-order valence-corrected chi connectivity index (χ1v) is 4.61. The average molecular weight is 220 g/mol. The van der Waals surface area contributed by atoms with Crippen LogP contribution in [-0.2, 0) is 9.59 Å². The number of carboxylic acids is 2. The number of hydrogen-bond acceptors (Lipinski definition) is 3. The fourth-order valence-electron chi connectivity index (χ4n) is 1.30. The van der Waals surface area contributed by atoms with Crippen molar-refractivity contribution in [2.45, 2.75) is 18.9 Å². The smallest absolute Gasteiger partial charge is 0.377 e. The molecule has 0 amide bonds. The second-order valence-corrected chi connectivity index (χ2v) is 4.17. The van der Waals surface area contributed by atoms with Crippen LogP contribution in [0.25, 0.3) is 0 Å². The van der Waals surface area contributed by atoms with E-state index in [0.29, 0.717) is 6.42 Å². The summed E-state index contributed by atoms with van der Waals surface area (Å²) >= 11 is 0. The van der Waals surface area contributed by atoms with Gasteiger partial charge in [0.05, 0.1) is 20.6 Å². The number of carbonyl (C=O) groups is 2. The highest BCUT2D eigenvalue weighted by Crippen LogP contribution is 2.22. The summed E-state index contributed by atoms with van der Waals surface area (Å²) < 4.78 is -0.210. The highest BCUT2D eigenvalue weighted by molar-refractivity contribution is 6.01. The molecule has 88 valence electrons. The van der Waals surface area contributed by atoms with Crippen molar-refractivity contribution in [3.05, 3.63) is 0 Å². The van der Waals surface area contributed by atoms with Crippen molar-refractivity contribution in [3.63, 3.8) is 0 Å². The third-order valence-electron chi connectivity index (χ3n) is 2.92. The summed E-state index contributed by atoms with van der Waals surface area (Å²) in [7, 11) is 3.05. The van der Waals surface area contributed by atoms with Gasteiger partial charge in [0.2, 0.25) is 0 Å². The normalized spacial score (nSPS) is 12.5. The third kappa shape index (κ3) is 2.45. The van der Waals surface area contributed by atoms with E-state index in [4.69, 9.17) is 15.3 Å². The number of nitrogens with zero attached hydrogens (tertiary/aromatic N) is 1. The van der Waals surface area contributed by atoms with E-state index in [1.807, 2.05) is 0 Å². The van der Waals surface area contributed by atoms with Gasteiger partial charge in [-0.15, -0.1) is 0 Å². The summed E-state index contributed by atoms with van der Waals surface area (Å²) in [5, 5.41) is 26.6. The Morgan fingerprint density at radius 2 is 1.60 bits per heavy atom. The van der Waals surface area contributed by atoms with Gasteiger partial charge < -0.3 is 19.8 Å². The Morgan fingerprint density at radius 1 is 1.20 bits per heavy atom. The predicted molar refractivity (Wildman–Crippen MR) is 52.4 cm³/mol. The summed E-state index contributed by atoms with van der Waals surface area (Å²) in [6, 6.07) is 0. The molecule has 0 aliphatic carbocycles. The molecule has 0 spiro atoms. The van der Waals surface area contributed by atoms with Crippen LogP contribution in [0.5, 0.6) is 0 Å². The second-order valence-electron chi connectivity index (χ2n) is 4.17. The van der Waals surface area contributed by atoms with Gasteiger partial charge in [-0.3, -0.25) is 0 Å². The molecule has 6 heteroatoms. The van der Waals surface area contributed by atoms with Crippen LogP contribution in [-0.4, -0.2) is 64.5 Å². The first kappa shape index (κ1) is 13.9. The Labute approximate surface area is 88.3 Å². The quantitative estimate of drug-likeness (QED) is 0.409. The van der Waals surface area contributed by atoms with Crippen molar-refractivity contribution in [1.29, 1.82) is 0 Å². The molecule has 15 heavy (non-hydrogen) atoms. The largest absolute Gasteiger partial charge is 0.476 e. The SMILES string of the molecule is CC(C(=O)O)(C(=O)O)[N+](C)(C)CCCO. The van der Waals surface area contributed by atoms with E-state index >= 15 is 0 Å². The molecule has 0 unspecified atom stereocenters. The molecule has 3 N–H and O–H groups in total. The molecular formula is C9H18NO5+. The minimum Gasteiger partial charge on any atom is -0.476 e. The van der Waals surface area contributed by atoms with Gasteiger partial charge in [0.1, 0.15) is 0 Å². The highest BCUT2D eigenvalue weighted by atomic mass is 16.4. The van der Waals surface area contributed by atoms with Gasteiger partial charge in [0, 0.05) is 20.0 Å². The van der Waals surface area contributed by atoms with Gasteiger partial charge in [-0.2, -0.15) is 0 Å². The zero-order valence-corrected chi connectivity index (χ0v) is 9.23. The number of likely N-dealkylation sites (N-methyl/N-ethyl adjacent to an activating group) is 1. The summed E-state index contributed by atoms with van der Waals surface area (Å²) in [5.74, 6) is -2.75. The van der Waals surface area contributed by atoms with Crippen LogP contribution in [0, 0.1) is 0 Å². The molecule has 0 aromatic rings. The highest BCUT2D eigenvalue weighted by Gasteiger charge is 2.55. The lowest BCUT2D eigenvalue weighted by Crippen LogP contribution is -2.67. The van der Waals surface area contributed by atoms with Crippen LogP contribution in [0.4, 0.5) is 0 Å². The van der Waals surface area contributed by atoms with E-state index in [0.717, 1.165) is 0 Å². The van der Waals surface area contributed by atoms with Crippen LogP contribution in [0.1, 0.15) is 13.3 Å². The van der Waals surface area contributed by atoms with Crippen molar-refractivity contribution in [3.8, 4) is 0 Å². The van der Waals surface area contributed by atoms with E-state index in [2.05, 4.69) is 0 Å². The van der Waals surface area contributed by atoms with E-state index in [1.54, 1.807) is 0 Å². The maximum Gasteiger partial charge on any atom is 0.377 e. The number of carboxylic acid groups (broad SMARTS) is 2. The Kier molecular flexibility index (Phi) is 4.24. The lowest BCUT2D eigenvalue weighted by molar-refractivity contribution is -0.921. The summed E-state index contributed by atoms with van der Waals surface area (Å²) in [6.45, 7) is 1.37. The number of aliphatic hydroxyl groups excluding tert-OH is 1. The Hall–Kier alpha value is -1.14. The second kappa shape index (κ2) is 4.59. The molecule has 0 aromatic carbocycles. The summed E-state index contributed by atoms with van der Waals surface area (Å²) in [5.41, 5.74) is -1.89. The van der Waals surface area contributed by atoms with Crippen LogP contribution in [0.3, 0.4) is 0 Å². The maximum atomic E-state index is 11.0. The lowest BCUT2D eigenvalue weighted by atomic mass is 9.97. The summed E-state index contributed by atoms with van der Waals surface area (Å²) in [4.78, 5) is 22.0. The molecule has 0 rings (SSSR count). The number of hydrogen-bond donors (Lipinski definition) is 3. The van der Waals surface area contributed by atoms with Gasteiger partial charge in [0.15, 0.2) is 0 Å². The Balaban J connectivity index is 5.07. The molecule has 0 saturated carbocycles. The third-order valence-corrected chi connectivity index (χ3v) is 2.92. The molecular weight excluding hydrogens is 202 g/mol. The number of quaternary nitrogens is 1. The van der Waals surface area contributed by atoms with Crippen LogP contribution >= 0.6 is 0 Å². The zero-order chi connectivity index (χ0) is 12.3. The van der Waals surface area contributed by atoms with Crippen LogP contribution < -0.4 is 0 Å². The number of aliphatic hydroxyl groups is 1. The molecule has 0 saturated heterocycles. The molecule has 0 aliphatic rings. The topological polar surface area (TPSA) is 94.8 Å². The molecule has 0 heterocycles. The van der Waals surface area contributed by atoms with Gasteiger partial charge in [-0.25, -0.2) is 9.59 Å². The monoisotopic (exact) mass is 220 g/mol. The van der Waals surface area contributed by atoms with Crippen molar-refractivity contribution < 1.29 is 29.4 Å². The first-order chi connectivity index (χ1) is 6.70. The Bertz CT molecular complexity index is 247. The molecule has 0 atom stereocenters. The standard InChI is InChI=1S/C9H17NO5/c1-9(7(12)13,8(14)15)10(2,3)5-4-6-11/h11H,4-6H2,1-3H3,(H-,12,13,14,15)/p+1. The zero-order valence-electron chi connectivity index (χ0n) is 9.23. The average Bonchev–Trinajstić information content (AvgIpc) is 2.12. The molecule has 0 fully saturated rings. The predicted octanol–water partition coefficient (Wildman–Crippen LogP) is -0.627. The maximum absolute atomic E-state index is 11.0. The fourth-order valence-corrected chi connectivity index (χ4v) is 1.30. The minimum atomic E-state index is -1.89. The van der Waals surface area contributed by atoms with Gasteiger partial charge in [-0.1, -0.05) is 0 Å². The molecule has 6 nitrogen and oxygen atoms in total. The molecule has 0 radical (unpaired) electrons. The molecule has 0 aliphatic heterocycles. The minimum absolute atomic E-state index is 0.0863. The van der Waals surface area contributed by atoms with Crippen molar-refractivity contribution in [2.24, 2.45) is 0 Å². The van der Waals surface area contributed by atoms with E-state index in [-0.39, 0.29) is 17.6 Å². The van der Waals surface area contributed by atoms with Gasteiger partial charge >= 0.3 is 11.9 Å².